The highest BCUT2D eigenvalue weighted by Gasteiger charge is 2.34. The molecule has 2 aromatic rings. The van der Waals surface area contributed by atoms with Crippen LogP contribution in [0.5, 0.6) is 0 Å². The number of imide groups is 1. The van der Waals surface area contributed by atoms with E-state index >= 15 is 0 Å². The lowest BCUT2D eigenvalue weighted by atomic mass is 10.3. The molecule has 0 bridgehead atoms. The van der Waals surface area contributed by atoms with Crippen LogP contribution in [0.4, 0.5) is 10.5 Å². The Hall–Kier alpha value is -2.53. The number of urea groups is 1. The number of hydrogen-bond donors (Lipinski definition) is 1. The first kappa shape index (κ1) is 12.5. The summed E-state index contributed by atoms with van der Waals surface area (Å²) in [5.74, 6) is 0.0559. The second kappa shape index (κ2) is 4.86. The van der Waals surface area contributed by atoms with Crippen molar-refractivity contribution in [3.63, 3.8) is 0 Å². The van der Waals surface area contributed by atoms with E-state index in [2.05, 4.69) is 5.32 Å². The Morgan fingerprint density at radius 3 is 2.55 bits per heavy atom. The molecule has 1 aliphatic heterocycles. The van der Waals surface area contributed by atoms with Gasteiger partial charge in [0, 0.05) is 11.1 Å². The van der Waals surface area contributed by atoms with Crippen LogP contribution in [0.3, 0.4) is 0 Å². The quantitative estimate of drug-likeness (QED) is 0.682. The molecule has 1 aliphatic rings. The summed E-state index contributed by atoms with van der Waals surface area (Å²) in [5.41, 5.74) is 0.625. The molecular weight excluding hydrogens is 280 g/mol. The van der Waals surface area contributed by atoms with Crippen molar-refractivity contribution in [1.82, 2.24) is 5.32 Å². The van der Waals surface area contributed by atoms with Crippen LogP contribution in [0.15, 0.2) is 52.8 Å². The predicted octanol–water partition coefficient (Wildman–Crippen LogP) is 3.03. The molecular formula is C14H9ClN2O3. The molecule has 1 aromatic carbocycles. The maximum absolute atomic E-state index is 12.2. The van der Waals surface area contributed by atoms with Crippen molar-refractivity contribution in [1.29, 1.82) is 0 Å². The van der Waals surface area contributed by atoms with Gasteiger partial charge >= 0.3 is 6.03 Å². The van der Waals surface area contributed by atoms with Crippen molar-refractivity contribution >= 4 is 35.3 Å². The first-order chi connectivity index (χ1) is 9.65. The van der Waals surface area contributed by atoms with Crippen LogP contribution in [-0.4, -0.2) is 11.9 Å². The average Bonchev–Trinajstić information content (AvgIpc) is 3.02. The average molecular weight is 289 g/mol. The second-order valence-electron chi connectivity index (χ2n) is 4.12. The van der Waals surface area contributed by atoms with Crippen LogP contribution in [-0.2, 0) is 4.79 Å². The van der Waals surface area contributed by atoms with Crippen LogP contribution in [0.25, 0.3) is 6.08 Å². The van der Waals surface area contributed by atoms with Gasteiger partial charge in [-0.3, -0.25) is 4.79 Å². The summed E-state index contributed by atoms with van der Waals surface area (Å²) in [5, 5.41) is 3.05. The molecule has 0 radical (unpaired) electrons. The topological polar surface area (TPSA) is 62.6 Å². The number of rotatable bonds is 2. The Bertz CT molecular complexity index is 690. The Morgan fingerprint density at radius 1 is 1.15 bits per heavy atom. The molecule has 0 aliphatic carbocycles. The first-order valence-electron chi connectivity index (χ1n) is 5.81. The molecule has 100 valence electrons. The molecule has 5 nitrogen and oxygen atoms in total. The lowest BCUT2D eigenvalue weighted by Crippen LogP contribution is -2.30. The standard InChI is InChI=1S/C14H9ClN2O3/c15-9-3-5-10(6-4-9)17-13(18)12(16-14(17)19)8-11-2-1-7-20-11/h1-8H,(H,16,19)/b12-8+. The van der Waals surface area contributed by atoms with E-state index in [1.54, 1.807) is 36.4 Å². The Labute approximate surface area is 119 Å². The maximum Gasteiger partial charge on any atom is 0.333 e. The summed E-state index contributed by atoms with van der Waals surface area (Å²) in [6, 6.07) is 9.33. The van der Waals surface area contributed by atoms with Crippen LogP contribution in [0, 0.1) is 0 Å². The minimum atomic E-state index is -0.505. The molecule has 0 unspecified atom stereocenters. The summed E-state index contributed by atoms with van der Waals surface area (Å²) in [4.78, 5) is 25.2. The van der Waals surface area contributed by atoms with Gasteiger partial charge in [-0.05, 0) is 36.4 Å². The van der Waals surface area contributed by atoms with Gasteiger partial charge in [-0.1, -0.05) is 11.6 Å². The Morgan fingerprint density at radius 2 is 1.90 bits per heavy atom. The smallest absolute Gasteiger partial charge is 0.333 e. The fourth-order valence-corrected chi connectivity index (χ4v) is 2.00. The number of carbonyl (C=O) groups is 2. The summed E-state index contributed by atoms with van der Waals surface area (Å²) in [7, 11) is 0. The van der Waals surface area contributed by atoms with Crippen molar-refractivity contribution in [3.05, 3.63) is 59.1 Å². The van der Waals surface area contributed by atoms with E-state index in [1.165, 1.54) is 12.3 Å². The van der Waals surface area contributed by atoms with Gasteiger partial charge in [0.15, 0.2) is 0 Å². The zero-order valence-corrected chi connectivity index (χ0v) is 10.9. The Kier molecular flexibility index (Phi) is 3.04. The minimum Gasteiger partial charge on any atom is -0.465 e. The number of nitrogens with zero attached hydrogens (tertiary/aromatic N) is 1. The van der Waals surface area contributed by atoms with Crippen LogP contribution in [0.1, 0.15) is 5.76 Å². The Balaban J connectivity index is 1.93. The van der Waals surface area contributed by atoms with E-state index in [1.807, 2.05) is 0 Å². The number of hydrogen-bond acceptors (Lipinski definition) is 3. The van der Waals surface area contributed by atoms with E-state index in [0.717, 1.165) is 4.90 Å². The van der Waals surface area contributed by atoms with E-state index in [4.69, 9.17) is 16.0 Å². The molecule has 0 spiro atoms. The minimum absolute atomic E-state index is 0.167. The van der Waals surface area contributed by atoms with Crippen molar-refractivity contribution in [2.24, 2.45) is 0 Å². The molecule has 6 heteroatoms. The van der Waals surface area contributed by atoms with E-state index in [9.17, 15) is 9.59 Å². The van der Waals surface area contributed by atoms with Crippen molar-refractivity contribution in [3.8, 4) is 0 Å². The summed E-state index contributed by atoms with van der Waals surface area (Å²) in [6.45, 7) is 0. The second-order valence-corrected chi connectivity index (χ2v) is 4.56. The van der Waals surface area contributed by atoms with Gasteiger partial charge in [-0.25, -0.2) is 9.69 Å². The molecule has 3 rings (SSSR count). The fraction of sp³-hybridized carbons (Fsp3) is 0. The highest BCUT2D eigenvalue weighted by molar-refractivity contribution is 6.31. The lowest BCUT2D eigenvalue weighted by Gasteiger charge is -2.11. The fourth-order valence-electron chi connectivity index (χ4n) is 1.88. The third kappa shape index (κ3) is 2.19. The summed E-state index contributed by atoms with van der Waals surface area (Å²) >= 11 is 5.79. The highest BCUT2D eigenvalue weighted by atomic mass is 35.5. The first-order valence-corrected chi connectivity index (χ1v) is 6.19. The molecule has 1 aromatic heterocycles. The monoisotopic (exact) mass is 288 g/mol. The molecule has 0 saturated carbocycles. The van der Waals surface area contributed by atoms with E-state index in [-0.39, 0.29) is 5.70 Å². The van der Waals surface area contributed by atoms with Gasteiger partial charge in [0.05, 0.1) is 12.0 Å². The van der Waals surface area contributed by atoms with E-state index in [0.29, 0.717) is 16.5 Å². The number of anilines is 1. The number of furan rings is 1. The molecule has 1 fully saturated rings. The SMILES string of the molecule is O=C1N/C(=C/c2ccco2)C(=O)N1c1ccc(Cl)cc1. The summed E-state index contributed by atoms with van der Waals surface area (Å²) in [6.07, 6.45) is 2.97. The van der Waals surface area contributed by atoms with Crippen LogP contribution < -0.4 is 10.2 Å². The number of nitrogens with one attached hydrogen (secondary N) is 1. The normalized spacial score (nSPS) is 16.9. The summed E-state index contributed by atoms with van der Waals surface area (Å²) < 4.78 is 5.12. The molecule has 2 heterocycles. The highest BCUT2D eigenvalue weighted by Crippen LogP contribution is 2.23. The number of carbonyl (C=O) groups excluding carboxylic acids is 2. The van der Waals surface area contributed by atoms with Crippen molar-refractivity contribution in [2.75, 3.05) is 4.90 Å². The predicted molar refractivity (Wildman–Crippen MR) is 74.2 cm³/mol. The zero-order valence-electron chi connectivity index (χ0n) is 10.2. The third-order valence-corrected chi connectivity index (χ3v) is 3.04. The number of amides is 3. The molecule has 1 N–H and O–H groups in total. The van der Waals surface area contributed by atoms with Gasteiger partial charge in [0.2, 0.25) is 0 Å². The molecule has 0 atom stereocenters. The zero-order chi connectivity index (χ0) is 14.1. The lowest BCUT2D eigenvalue weighted by molar-refractivity contribution is -0.113. The molecule has 20 heavy (non-hydrogen) atoms. The van der Waals surface area contributed by atoms with Gasteiger partial charge in [-0.2, -0.15) is 0 Å². The number of halogens is 1. The van der Waals surface area contributed by atoms with Gasteiger partial charge < -0.3 is 9.73 Å². The molecule has 1 saturated heterocycles. The van der Waals surface area contributed by atoms with E-state index < -0.39 is 11.9 Å². The maximum atomic E-state index is 12.2. The van der Waals surface area contributed by atoms with Crippen molar-refractivity contribution < 1.29 is 14.0 Å². The van der Waals surface area contributed by atoms with Crippen LogP contribution in [0.2, 0.25) is 5.02 Å². The van der Waals surface area contributed by atoms with Crippen molar-refractivity contribution in [2.45, 2.75) is 0 Å². The largest absolute Gasteiger partial charge is 0.465 e. The van der Waals surface area contributed by atoms with Gasteiger partial charge in [-0.15, -0.1) is 0 Å². The third-order valence-electron chi connectivity index (χ3n) is 2.79. The number of benzene rings is 1. The van der Waals surface area contributed by atoms with Gasteiger partial charge in [0.25, 0.3) is 5.91 Å². The van der Waals surface area contributed by atoms with Crippen LogP contribution >= 0.6 is 11.6 Å². The molecule has 3 amide bonds. The van der Waals surface area contributed by atoms with Gasteiger partial charge in [0.1, 0.15) is 11.5 Å².